The minimum atomic E-state index is -0.990. The molecule has 3 unspecified atom stereocenters. The molecule has 0 bridgehead atoms. The summed E-state index contributed by atoms with van der Waals surface area (Å²) in [5.41, 5.74) is 23.5. The number of aliphatic imine (C=N–C) groups is 2. The molecule has 24 heteroatoms. The van der Waals surface area contributed by atoms with Gasteiger partial charge in [-0.1, -0.05) is 54.6 Å². The number of nitrogens with one attached hydrogen (secondary N) is 4. The maximum absolute atomic E-state index is 13.3. The number of amides is 3. The molecule has 24 nitrogen and oxygen atoms in total. The Labute approximate surface area is 540 Å². The number of pyridine rings is 4. The summed E-state index contributed by atoms with van der Waals surface area (Å²) in [4.78, 5) is 132. The number of nitrogens with two attached hydrogens (primary N) is 2. The number of ketones is 1. The molecule has 0 radical (unpaired) electrons. The van der Waals surface area contributed by atoms with Crippen LogP contribution in [0.3, 0.4) is 0 Å². The van der Waals surface area contributed by atoms with Crippen LogP contribution in [-0.4, -0.2) is 132 Å². The first-order chi connectivity index (χ1) is 45.2. The Hall–Kier alpha value is -11.6. The lowest BCUT2D eigenvalue weighted by molar-refractivity contribution is -0.140. The third kappa shape index (κ3) is 17.2. The number of benzene rings is 4. The largest absolute Gasteiger partial charge is 0.480 e. The summed E-state index contributed by atoms with van der Waals surface area (Å²) < 4.78 is 0. The molecular formula is C70H68N12O12. The summed E-state index contributed by atoms with van der Waals surface area (Å²) >= 11 is 0. The van der Waals surface area contributed by atoms with Crippen molar-refractivity contribution >= 4 is 82.6 Å². The quantitative estimate of drug-likeness (QED) is 0.0254. The smallest absolute Gasteiger partial charge is 0.328 e. The molecule has 11 N–H and O–H groups in total. The summed E-state index contributed by atoms with van der Waals surface area (Å²) in [7, 11) is 0. The number of rotatable bonds is 20. The molecule has 0 fully saturated rings. The van der Waals surface area contributed by atoms with Gasteiger partial charge in [0.2, 0.25) is 0 Å². The first-order valence-electron chi connectivity index (χ1n) is 29.8. The number of aromatic nitrogens is 4. The van der Waals surface area contributed by atoms with Crippen molar-refractivity contribution in [1.29, 1.82) is 0 Å². The highest BCUT2D eigenvalue weighted by atomic mass is 16.4. The van der Waals surface area contributed by atoms with Crippen molar-refractivity contribution in [2.45, 2.75) is 84.3 Å². The van der Waals surface area contributed by atoms with E-state index in [-0.39, 0.29) is 35.2 Å². The van der Waals surface area contributed by atoms with Crippen LogP contribution in [0, 0.1) is 27.7 Å². The Morgan fingerprint density at radius 2 is 1.02 bits per heavy atom. The van der Waals surface area contributed by atoms with Crippen molar-refractivity contribution in [3.8, 4) is 22.3 Å². The van der Waals surface area contributed by atoms with Crippen LogP contribution >= 0.6 is 0 Å². The molecule has 3 amide bonds. The summed E-state index contributed by atoms with van der Waals surface area (Å²) in [6.07, 6.45) is 9.89. The molecule has 0 saturated carbocycles. The van der Waals surface area contributed by atoms with Crippen molar-refractivity contribution in [3.63, 3.8) is 0 Å². The minimum Gasteiger partial charge on any atom is -0.480 e. The van der Waals surface area contributed by atoms with Crippen LogP contribution in [0.15, 0.2) is 156 Å². The van der Waals surface area contributed by atoms with Crippen molar-refractivity contribution in [2.24, 2.45) is 21.5 Å². The summed E-state index contributed by atoms with van der Waals surface area (Å²) in [6.45, 7) is 8.41. The Balaban J connectivity index is 0.000000225. The van der Waals surface area contributed by atoms with Gasteiger partial charge < -0.3 is 48.1 Å². The Morgan fingerprint density at radius 3 is 1.44 bits per heavy atom. The van der Waals surface area contributed by atoms with E-state index in [0.29, 0.717) is 108 Å². The van der Waals surface area contributed by atoms with Crippen LogP contribution < -0.4 is 32.7 Å². The molecule has 3 atom stereocenters. The maximum atomic E-state index is 13.3. The van der Waals surface area contributed by atoms with Gasteiger partial charge in [0.05, 0.1) is 0 Å². The monoisotopic (exact) mass is 1270 g/mol. The van der Waals surface area contributed by atoms with Gasteiger partial charge in [-0.3, -0.25) is 63.5 Å². The molecule has 4 aromatic carbocycles. The fourth-order valence-electron chi connectivity index (χ4n) is 10.2. The number of carboxylic acids is 3. The summed E-state index contributed by atoms with van der Waals surface area (Å²) in [6, 6.07) is 33.1. The molecule has 8 aromatic rings. The predicted octanol–water partition coefficient (Wildman–Crippen LogP) is 8.69. The molecule has 2 aliphatic rings. The molecule has 0 spiro atoms. The van der Waals surface area contributed by atoms with Gasteiger partial charge in [0.15, 0.2) is 18.4 Å². The second kappa shape index (κ2) is 31.9. The van der Waals surface area contributed by atoms with E-state index in [2.05, 4.69) is 51.2 Å². The summed E-state index contributed by atoms with van der Waals surface area (Å²) in [5.74, 6) is -3.74. The van der Waals surface area contributed by atoms with Crippen LogP contribution in [0.5, 0.6) is 0 Å². The zero-order chi connectivity index (χ0) is 67.6. The Bertz CT molecular complexity index is 4120. The van der Waals surface area contributed by atoms with Crippen molar-refractivity contribution in [1.82, 2.24) is 25.3 Å². The lowest BCUT2D eigenvalue weighted by Crippen LogP contribution is -2.44. The number of nitrogens with zero attached hydrogens (tertiary/aromatic N) is 6. The van der Waals surface area contributed by atoms with E-state index in [9.17, 15) is 53.4 Å². The number of carbonyl (C=O) groups is 9. The lowest BCUT2D eigenvalue weighted by Gasteiger charge is -2.21. The van der Waals surface area contributed by atoms with Gasteiger partial charge in [0.1, 0.15) is 46.7 Å². The fraction of sp³-hybridized carbons (Fsp3) is 0.214. The van der Waals surface area contributed by atoms with E-state index in [1.807, 2.05) is 88.4 Å². The van der Waals surface area contributed by atoms with Crippen LogP contribution in [-0.2, 0) is 20.8 Å². The predicted molar refractivity (Wildman–Crippen MR) is 354 cm³/mol. The Kier molecular flexibility index (Phi) is 23.2. The molecule has 94 heavy (non-hydrogen) atoms. The molecule has 10 rings (SSSR count). The summed E-state index contributed by atoms with van der Waals surface area (Å²) in [5, 5.41) is 38.4. The highest BCUT2D eigenvalue weighted by Gasteiger charge is 2.25. The number of hydrogen-bond acceptors (Lipinski definition) is 18. The van der Waals surface area contributed by atoms with E-state index in [4.69, 9.17) is 16.6 Å². The number of carboxylic acid groups (broad SMARTS) is 3. The zero-order valence-corrected chi connectivity index (χ0v) is 51.8. The molecule has 480 valence electrons. The second-order valence-corrected chi connectivity index (χ2v) is 21.9. The van der Waals surface area contributed by atoms with Gasteiger partial charge >= 0.3 is 17.9 Å². The number of carbonyl (C=O) groups excluding carboxylic acids is 6. The highest BCUT2D eigenvalue weighted by molar-refractivity contribution is 6.07. The van der Waals surface area contributed by atoms with Crippen molar-refractivity contribution in [2.75, 3.05) is 29.0 Å². The third-order valence-corrected chi connectivity index (χ3v) is 15.7. The highest BCUT2D eigenvalue weighted by Crippen LogP contribution is 2.35. The van der Waals surface area contributed by atoms with Crippen molar-refractivity contribution in [3.05, 3.63) is 219 Å². The third-order valence-electron chi connectivity index (χ3n) is 15.7. The first kappa shape index (κ1) is 68.3. The van der Waals surface area contributed by atoms with Gasteiger partial charge in [0, 0.05) is 82.8 Å². The van der Waals surface area contributed by atoms with Crippen LogP contribution in [0.25, 0.3) is 22.3 Å². The van der Waals surface area contributed by atoms with Gasteiger partial charge in [-0.15, -0.1) is 0 Å². The molecule has 6 heterocycles. The van der Waals surface area contributed by atoms with Crippen LogP contribution in [0.1, 0.15) is 134 Å². The number of anilines is 3. The van der Waals surface area contributed by atoms with E-state index < -0.39 is 47.8 Å². The van der Waals surface area contributed by atoms with E-state index >= 15 is 0 Å². The molecule has 2 aliphatic heterocycles. The molecule has 0 aliphatic carbocycles. The minimum absolute atomic E-state index is 0.132. The molecule has 4 aromatic heterocycles. The fourth-order valence-corrected chi connectivity index (χ4v) is 10.2. The number of aliphatic carboxylic acids is 3. The average Bonchev–Trinajstić information content (AvgIpc) is 0.898. The maximum Gasteiger partial charge on any atom is 0.328 e. The zero-order valence-electron chi connectivity index (χ0n) is 51.8. The van der Waals surface area contributed by atoms with E-state index in [1.54, 1.807) is 42.6 Å². The number of aldehydes is 2. The van der Waals surface area contributed by atoms with Crippen molar-refractivity contribution < 1.29 is 58.5 Å². The number of Topliss-reactive ketones (excluding diaryl/α,β-unsaturated/α-hetero) is 1. The van der Waals surface area contributed by atoms with Gasteiger partial charge in [-0.05, 0) is 183 Å². The first-order valence-corrected chi connectivity index (χ1v) is 29.8. The molecular weight excluding hydrogens is 1200 g/mol. The topological polar surface area (TPSA) is 391 Å². The number of hydrogen-bond donors (Lipinski definition) is 9. The molecule has 0 saturated heterocycles. The van der Waals surface area contributed by atoms with Crippen LogP contribution in [0.2, 0.25) is 0 Å². The average molecular weight is 1270 g/mol. The van der Waals surface area contributed by atoms with E-state index in [0.717, 1.165) is 56.5 Å². The second-order valence-electron chi connectivity index (χ2n) is 21.9. The van der Waals surface area contributed by atoms with Gasteiger partial charge in [-0.2, -0.15) is 0 Å². The Morgan fingerprint density at radius 1 is 0.564 bits per heavy atom. The van der Waals surface area contributed by atoms with E-state index in [1.165, 1.54) is 42.9 Å². The SMILES string of the molecule is Cc1c(CC(=O)c2ccc(C3=NCCC(C(=O)O)N3)cn2)cccc1-c1cccc(NC(=O)c2ccc(C3=NC(C(=O)O)CCC3)cn2)c1C.Cc1c(NC(=O)c2ccc(C=O)cn2)cccc1-c1cccc(NC(=O)c2ccc(C=O)cn2)c1C.NCCC(N)C(=O)O. The lowest BCUT2D eigenvalue weighted by atomic mass is 9.91. The number of amidine groups is 1. The van der Waals surface area contributed by atoms with Gasteiger partial charge in [-0.25, -0.2) is 9.59 Å². The normalized spacial score (nSPS) is 14.2. The van der Waals surface area contributed by atoms with Crippen LogP contribution in [0.4, 0.5) is 17.1 Å². The standard InChI is InChI=1S/C38H36N6O6.C28H22N4O4.C4H10N2O2/c1-21-23(18-34(45)30-14-13-25(20-40-30)35-39-17-16-33(43-35)38(49)50)6-3-7-26(21)27-8-4-9-28(22(27)2)44-36(46)31-15-12-24(19-41-31)29-10-5-11-32(42-29)37(47)48;1-17-21(5-3-7-23(17)31-27(35)25-11-9-19(15-33)13-29-25)22-6-4-8-24(18(22)2)32-28(36)26-12-10-20(16-34)14-30-26;5-2-1-3(6)4(7)8/h3-4,6-9,12-15,19-20,32-33H,5,10-11,16-18H2,1-2H3,(H,39,43)(H,44,46)(H,47,48)(H,49,50);3-16H,1-2H3,(H,31,35)(H,32,36);3H,1-2,5-6H2,(H,7,8). The van der Waals surface area contributed by atoms with Gasteiger partial charge in [0.25, 0.3) is 17.7 Å².